The highest BCUT2D eigenvalue weighted by atomic mass is 19.4. The van der Waals surface area contributed by atoms with Gasteiger partial charge in [0.05, 0.1) is 0 Å². The molecule has 0 fully saturated rings. The summed E-state index contributed by atoms with van der Waals surface area (Å²) < 4.78 is 196. The zero-order valence-electron chi connectivity index (χ0n) is 17.2. The molecule has 0 aliphatic rings. The topological polar surface area (TPSA) is 0 Å². The van der Waals surface area contributed by atoms with Gasteiger partial charge >= 0.3 is 41.7 Å². The van der Waals surface area contributed by atoms with E-state index in [-0.39, 0.29) is 12.8 Å². The molecule has 0 N–H and O–H groups in total. The summed E-state index contributed by atoms with van der Waals surface area (Å²) in [5.41, 5.74) is 0. The highest BCUT2D eigenvalue weighted by Gasteiger charge is 2.93. The second-order valence-electron chi connectivity index (χ2n) is 7.65. The molecular weight excluding hydrogens is 501 g/mol. The van der Waals surface area contributed by atoms with Gasteiger partial charge in [0.1, 0.15) is 0 Å². The van der Waals surface area contributed by atoms with E-state index >= 15 is 0 Å². The lowest BCUT2D eigenvalue weighted by Crippen LogP contribution is -2.72. The average Bonchev–Trinajstić information content (AvgIpc) is 2.64. The normalized spacial score (nSPS) is 15.3. The van der Waals surface area contributed by atoms with Gasteiger partial charge in [-0.25, -0.2) is 0 Å². The molecule has 0 saturated carbocycles. The number of unbranched alkanes of at least 4 members (excludes halogenated alkanes) is 8. The van der Waals surface area contributed by atoms with E-state index in [4.69, 9.17) is 0 Å². The van der Waals surface area contributed by atoms with Gasteiger partial charge < -0.3 is 0 Å². The molecule has 0 aliphatic carbocycles. The van der Waals surface area contributed by atoms with Crippen LogP contribution in [0.4, 0.5) is 65.9 Å². The van der Waals surface area contributed by atoms with E-state index in [1.54, 1.807) is 0 Å². The van der Waals surface area contributed by atoms with Crippen molar-refractivity contribution in [2.75, 3.05) is 0 Å². The Hall–Kier alpha value is -1.05. The van der Waals surface area contributed by atoms with Crippen LogP contribution in [-0.4, -0.2) is 41.7 Å². The van der Waals surface area contributed by atoms with Gasteiger partial charge in [0.25, 0.3) is 0 Å². The number of hydrogen-bond donors (Lipinski definition) is 0. The van der Waals surface area contributed by atoms with Crippen LogP contribution in [0.2, 0.25) is 0 Å². The van der Waals surface area contributed by atoms with Gasteiger partial charge in [-0.05, 0) is 6.42 Å². The lowest BCUT2D eigenvalue weighted by atomic mass is 9.89. The number of halogens is 15. The Kier molecular flexibility index (Phi) is 10.4. The summed E-state index contributed by atoms with van der Waals surface area (Å²) in [4.78, 5) is 0. The molecule has 0 aliphatic heterocycles. The molecular formula is C18H23F15. The second kappa shape index (κ2) is 10.7. The molecule has 0 bridgehead atoms. The molecule has 0 aromatic rings. The minimum Gasteiger partial charge on any atom is -0.200 e. The summed E-state index contributed by atoms with van der Waals surface area (Å²) in [6.07, 6.45) is -6.23. The third-order valence-corrected chi connectivity index (χ3v) is 4.99. The first-order chi connectivity index (χ1) is 14.6. The van der Waals surface area contributed by atoms with Crippen LogP contribution < -0.4 is 0 Å². The highest BCUT2D eigenvalue weighted by Crippen LogP contribution is 2.62. The van der Waals surface area contributed by atoms with E-state index < -0.39 is 54.6 Å². The maximum absolute atomic E-state index is 13.6. The molecule has 0 nitrogen and oxygen atoms in total. The smallest absolute Gasteiger partial charge is 0.200 e. The average molecular weight is 524 g/mol. The third kappa shape index (κ3) is 6.15. The van der Waals surface area contributed by atoms with Gasteiger partial charge in [0.2, 0.25) is 0 Å². The van der Waals surface area contributed by atoms with Crippen molar-refractivity contribution >= 4 is 0 Å². The van der Waals surface area contributed by atoms with E-state index in [2.05, 4.69) is 0 Å². The molecule has 0 unspecified atom stereocenters. The lowest BCUT2D eigenvalue weighted by Gasteiger charge is -2.41. The first kappa shape index (κ1) is 31.9. The van der Waals surface area contributed by atoms with E-state index in [0.29, 0.717) is 12.8 Å². The zero-order chi connectivity index (χ0) is 26.6. The van der Waals surface area contributed by atoms with Crippen LogP contribution in [0, 0.1) is 0 Å². The summed E-state index contributed by atoms with van der Waals surface area (Å²) in [5.74, 6) is -45.8. The monoisotopic (exact) mass is 524 g/mol. The largest absolute Gasteiger partial charge is 0.460 e. The van der Waals surface area contributed by atoms with Gasteiger partial charge in [-0.3, -0.25) is 0 Å². The van der Waals surface area contributed by atoms with Crippen molar-refractivity contribution in [3.63, 3.8) is 0 Å². The fourth-order valence-electron chi connectivity index (χ4n) is 2.81. The molecule has 0 radical (unpaired) electrons. The molecule has 33 heavy (non-hydrogen) atoms. The zero-order valence-corrected chi connectivity index (χ0v) is 17.2. The minimum atomic E-state index is -8.20. The molecule has 0 spiro atoms. The van der Waals surface area contributed by atoms with Crippen molar-refractivity contribution in [3.05, 3.63) is 0 Å². The minimum absolute atomic E-state index is 0.163. The van der Waals surface area contributed by atoms with Crippen molar-refractivity contribution in [1.29, 1.82) is 0 Å². The lowest BCUT2D eigenvalue weighted by molar-refractivity contribution is -0.452. The summed E-state index contributed by atoms with van der Waals surface area (Å²) in [5, 5.41) is 0. The molecule has 0 heterocycles. The SMILES string of the molecule is CCCCCCCCCCCC(F)(F)C(F)(F)C(F)(F)C(F)(F)C(F)(F)C(F)(F)C(F)(F)F. The Morgan fingerprint density at radius 3 is 1.03 bits per heavy atom. The van der Waals surface area contributed by atoms with Crippen molar-refractivity contribution in [1.82, 2.24) is 0 Å². The van der Waals surface area contributed by atoms with Crippen molar-refractivity contribution < 1.29 is 65.9 Å². The molecule has 0 rings (SSSR count). The third-order valence-electron chi connectivity index (χ3n) is 4.99. The molecule has 0 atom stereocenters. The molecule has 0 saturated heterocycles. The van der Waals surface area contributed by atoms with Gasteiger partial charge in [-0.15, -0.1) is 0 Å². The summed E-state index contributed by atoms with van der Waals surface area (Å²) >= 11 is 0. The van der Waals surface area contributed by atoms with Crippen molar-refractivity contribution in [3.8, 4) is 0 Å². The van der Waals surface area contributed by atoms with Crippen LogP contribution in [0.15, 0.2) is 0 Å². The van der Waals surface area contributed by atoms with Crippen LogP contribution in [0.5, 0.6) is 0 Å². The Labute approximate surface area is 179 Å². The molecule has 0 aromatic heterocycles. The van der Waals surface area contributed by atoms with E-state index in [1.807, 2.05) is 6.92 Å². The van der Waals surface area contributed by atoms with Crippen molar-refractivity contribution in [2.45, 2.75) is 113 Å². The van der Waals surface area contributed by atoms with Gasteiger partial charge in [-0.2, -0.15) is 65.9 Å². The number of rotatable bonds is 15. The Bertz CT molecular complexity index is 592. The summed E-state index contributed by atoms with van der Waals surface area (Å²) in [7, 11) is 0. The quantitative estimate of drug-likeness (QED) is 0.148. The first-order valence-electron chi connectivity index (χ1n) is 9.90. The van der Waals surface area contributed by atoms with E-state index in [0.717, 1.165) is 25.7 Å². The van der Waals surface area contributed by atoms with Crippen molar-refractivity contribution in [2.24, 2.45) is 0 Å². The Morgan fingerprint density at radius 2 is 0.667 bits per heavy atom. The number of hydrogen-bond acceptors (Lipinski definition) is 0. The van der Waals surface area contributed by atoms with Crippen LogP contribution in [0.25, 0.3) is 0 Å². The first-order valence-corrected chi connectivity index (χ1v) is 9.90. The number of alkyl halides is 15. The fourth-order valence-corrected chi connectivity index (χ4v) is 2.81. The maximum Gasteiger partial charge on any atom is 0.460 e. The second-order valence-corrected chi connectivity index (χ2v) is 7.65. The maximum atomic E-state index is 13.6. The van der Waals surface area contributed by atoms with Crippen LogP contribution in [-0.2, 0) is 0 Å². The highest BCUT2D eigenvalue weighted by molar-refractivity contribution is 5.12. The summed E-state index contributed by atoms with van der Waals surface area (Å²) in [6.45, 7) is 1.94. The molecule has 200 valence electrons. The summed E-state index contributed by atoms with van der Waals surface area (Å²) in [6, 6.07) is 0. The molecule has 0 amide bonds. The van der Waals surface area contributed by atoms with E-state index in [1.165, 1.54) is 0 Å². The molecule has 0 aromatic carbocycles. The van der Waals surface area contributed by atoms with Gasteiger partial charge in [-0.1, -0.05) is 58.3 Å². The van der Waals surface area contributed by atoms with Gasteiger partial charge in [0.15, 0.2) is 0 Å². The van der Waals surface area contributed by atoms with E-state index in [9.17, 15) is 65.9 Å². The standard InChI is InChI=1S/C18H23F15/c1-2-3-4-5-6-7-8-9-10-11-12(19,20)13(21,22)14(23,24)15(25,26)16(27,28)17(29,30)18(31,32)33/h2-11H2,1H3. The predicted molar refractivity (Wildman–Crippen MR) is 87.6 cm³/mol. The van der Waals surface area contributed by atoms with Crippen LogP contribution >= 0.6 is 0 Å². The fraction of sp³-hybridized carbons (Fsp3) is 1.00. The Morgan fingerprint density at radius 1 is 0.364 bits per heavy atom. The Balaban J connectivity index is 5.41. The van der Waals surface area contributed by atoms with Gasteiger partial charge in [0, 0.05) is 6.42 Å². The van der Waals surface area contributed by atoms with Crippen LogP contribution in [0.1, 0.15) is 71.1 Å². The molecule has 15 heteroatoms. The van der Waals surface area contributed by atoms with Crippen LogP contribution in [0.3, 0.4) is 0 Å². The predicted octanol–water partition coefficient (Wildman–Crippen LogP) is 9.28.